The van der Waals surface area contributed by atoms with Crippen LogP contribution in [0.1, 0.15) is 22.8 Å². The first-order chi connectivity index (χ1) is 13.1. The van der Waals surface area contributed by atoms with Gasteiger partial charge >= 0.3 is 5.97 Å². The number of rotatable bonds is 4. The number of nitrogens with zero attached hydrogens (tertiary/aromatic N) is 1. The number of ether oxygens (including phenoxy) is 1. The molecule has 0 aromatic heterocycles. The molecule has 0 saturated heterocycles. The van der Waals surface area contributed by atoms with Crippen molar-refractivity contribution in [2.75, 3.05) is 11.5 Å². The number of esters is 1. The van der Waals surface area contributed by atoms with Gasteiger partial charge in [0.1, 0.15) is 0 Å². The van der Waals surface area contributed by atoms with Crippen LogP contribution in [0.2, 0.25) is 0 Å². The van der Waals surface area contributed by atoms with Gasteiger partial charge < -0.3 is 9.64 Å². The summed E-state index contributed by atoms with van der Waals surface area (Å²) in [6, 6.07) is 6.39. The standard InChI is InChI=1S/C18H16F2N2O5S/c1-10-6-12-7-13(28(21,25)26)3-5-16(12)22(10)17(23)9-27-18(24)11-2-4-14(19)15(20)8-11/h2-5,7-8,10H,6,9H2,1H3,(H2,21,25,26). The van der Waals surface area contributed by atoms with E-state index in [1.54, 1.807) is 6.92 Å². The van der Waals surface area contributed by atoms with Crippen molar-refractivity contribution >= 4 is 27.6 Å². The smallest absolute Gasteiger partial charge is 0.338 e. The van der Waals surface area contributed by atoms with Crippen LogP contribution in [0.15, 0.2) is 41.3 Å². The van der Waals surface area contributed by atoms with Gasteiger partial charge in [0, 0.05) is 11.7 Å². The summed E-state index contributed by atoms with van der Waals surface area (Å²) in [6.45, 7) is 1.14. The third kappa shape index (κ3) is 3.87. The van der Waals surface area contributed by atoms with E-state index >= 15 is 0 Å². The second-order valence-corrected chi connectivity index (χ2v) is 7.92. The fraction of sp³-hybridized carbons (Fsp3) is 0.222. The first-order valence-corrected chi connectivity index (χ1v) is 9.72. The molecular formula is C18H16F2N2O5S. The van der Waals surface area contributed by atoms with Crippen LogP contribution in [-0.4, -0.2) is 32.9 Å². The maximum absolute atomic E-state index is 13.2. The van der Waals surface area contributed by atoms with Gasteiger partial charge in [-0.05, 0) is 55.3 Å². The number of carbonyl (C=O) groups is 2. The van der Waals surface area contributed by atoms with Gasteiger partial charge in [-0.3, -0.25) is 4.79 Å². The van der Waals surface area contributed by atoms with Gasteiger partial charge in [0.15, 0.2) is 18.2 Å². The zero-order chi connectivity index (χ0) is 20.6. The molecule has 0 bridgehead atoms. The van der Waals surface area contributed by atoms with Gasteiger partial charge in [-0.25, -0.2) is 27.1 Å². The van der Waals surface area contributed by atoms with Crippen LogP contribution in [-0.2, 0) is 26.0 Å². The molecule has 1 unspecified atom stereocenters. The van der Waals surface area contributed by atoms with Gasteiger partial charge in [-0.15, -0.1) is 0 Å². The van der Waals surface area contributed by atoms with Crippen LogP contribution in [0.5, 0.6) is 0 Å². The second kappa shape index (κ2) is 7.28. The Kier molecular flexibility index (Phi) is 5.18. The van der Waals surface area contributed by atoms with Crippen LogP contribution >= 0.6 is 0 Å². The second-order valence-electron chi connectivity index (χ2n) is 6.36. The largest absolute Gasteiger partial charge is 0.452 e. The third-order valence-corrected chi connectivity index (χ3v) is 5.26. The monoisotopic (exact) mass is 410 g/mol. The highest BCUT2D eigenvalue weighted by atomic mass is 32.2. The van der Waals surface area contributed by atoms with Crippen molar-refractivity contribution in [3.63, 3.8) is 0 Å². The molecule has 0 spiro atoms. The van der Waals surface area contributed by atoms with Gasteiger partial charge in [0.05, 0.1) is 10.5 Å². The number of carbonyl (C=O) groups excluding carboxylic acids is 2. The van der Waals surface area contributed by atoms with Crippen molar-refractivity contribution in [1.82, 2.24) is 0 Å². The molecule has 2 aromatic rings. The number of halogens is 2. The average molecular weight is 410 g/mol. The molecule has 2 N–H and O–H groups in total. The zero-order valence-corrected chi connectivity index (χ0v) is 15.5. The van der Waals surface area contributed by atoms with Crippen molar-refractivity contribution in [1.29, 1.82) is 0 Å². The zero-order valence-electron chi connectivity index (χ0n) is 14.7. The molecule has 1 aliphatic rings. The van der Waals surface area contributed by atoms with Gasteiger partial charge in [0.25, 0.3) is 5.91 Å². The van der Waals surface area contributed by atoms with E-state index in [0.29, 0.717) is 23.7 Å². The SMILES string of the molecule is CC1Cc2cc(S(N)(=O)=O)ccc2N1C(=O)COC(=O)c1ccc(F)c(F)c1. The minimum atomic E-state index is -3.87. The summed E-state index contributed by atoms with van der Waals surface area (Å²) < 4.78 is 54.0. The van der Waals surface area contributed by atoms with Crippen molar-refractivity contribution in [2.24, 2.45) is 5.14 Å². The number of fused-ring (bicyclic) bond motifs is 1. The fourth-order valence-electron chi connectivity index (χ4n) is 3.07. The number of sulfonamides is 1. The Morgan fingerprint density at radius 1 is 1.18 bits per heavy atom. The fourth-order valence-corrected chi connectivity index (χ4v) is 3.63. The average Bonchev–Trinajstić information content (AvgIpc) is 2.95. The number of nitrogens with two attached hydrogens (primary N) is 1. The molecule has 1 aliphatic heterocycles. The van der Waals surface area contributed by atoms with Crippen LogP contribution < -0.4 is 10.0 Å². The summed E-state index contributed by atoms with van der Waals surface area (Å²) in [5.41, 5.74) is 0.896. The van der Waals surface area contributed by atoms with Crippen molar-refractivity contribution in [3.05, 3.63) is 59.2 Å². The summed E-state index contributed by atoms with van der Waals surface area (Å²) in [5, 5.41) is 5.12. The molecule has 28 heavy (non-hydrogen) atoms. The maximum atomic E-state index is 13.2. The van der Waals surface area contributed by atoms with E-state index in [-0.39, 0.29) is 16.5 Å². The summed E-state index contributed by atoms with van der Waals surface area (Å²) in [4.78, 5) is 25.8. The van der Waals surface area contributed by atoms with Crippen molar-refractivity contribution in [3.8, 4) is 0 Å². The number of primary sulfonamides is 1. The normalized spacial score (nSPS) is 16.0. The molecule has 0 aliphatic carbocycles. The van der Waals surface area contributed by atoms with Gasteiger partial charge in [-0.1, -0.05) is 0 Å². The molecule has 7 nitrogen and oxygen atoms in total. The highest BCUT2D eigenvalue weighted by Crippen LogP contribution is 2.33. The summed E-state index contributed by atoms with van der Waals surface area (Å²) in [7, 11) is -3.87. The topological polar surface area (TPSA) is 107 Å². The summed E-state index contributed by atoms with van der Waals surface area (Å²) >= 11 is 0. The molecule has 2 aromatic carbocycles. The van der Waals surface area contributed by atoms with Crippen LogP contribution in [0.4, 0.5) is 14.5 Å². The van der Waals surface area contributed by atoms with Crippen LogP contribution in [0.25, 0.3) is 0 Å². The van der Waals surface area contributed by atoms with E-state index in [1.807, 2.05) is 0 Å². The molecule has 1 atom stereocenters. The molecular weight excluding hydrogens is 394 g/mol. The Balaban J connectivity index is 1.73. The predicted molar refractivity (Wildman–Crippen MR) is 95.1 cm³/mol. The highest BCUT2D eigenvalue weighted by Gasteiger charge is 2.32. The Hall–Kier alpha value is -2.85. The number of hydrogen-bond donors (Lipinski definition) is 1. The van der Waals surface area contributed by atoms with E-state index in [9.17, 15) is 26.8 Å². The maximum Gasteiger partial charge on any atom is 0.338 e. The van der Waals surface area contributed by atoms with E-state index in [4.69, 9.17) is 9.88 Å². The van der Waals surface area contributed by atoms with E-state index < -0.39 is 40.1 Å². The number of benzene rings is 2. The van der Waals surface area contributed by atoms with E-state index in [2.05, 4.69) is 0 Å². The van der Waals surface area contributed by atoms with E-state index in [1.165, 1.54) is 23.1 Å². The lowest BCUT2D eigenvalue weighted by Crippen LogP contribution is -2.38. The highest BCUT2D eigenvalue weighted by molar-refractivity contribution is 7.89. The van der Waals surface area contributed by atoms with Crippen LogP contribution in [0.3, 0.4) is 0 Å². The molecule has 1 heterocycles. The van der Waals surface area contributed by atoms with Gasteiger partial charge in [-0.2, -0.15) is 0 Å². The molecule has 1 amide bonds. The lowest BCUT2D eigenvalue weighted by molar-refractivity contribution is -0.122. The summed E-state index contributed by atoms with van der Waals surface area (Å²) in [5.74, 6) is -3.81. The van der Waals surface area contributed by atoms with Crippen molar-refractivity contribution in [2.45, 2.75) is 24.3 Å². The third-order valence-electron chi connectivity index (χ3n) is 4.35. The molecule has 3 rings (SSSR count). The minimum absolute atomic E-state index is 0.0579. The summed E-state index contributed by atoms with van der Waals surface area (Å²) in [6.07, 6.45) is 0.404. The number of amides is 1. The Bertz CT molecular complexity index is 1070. The Morgan fingerprint density at radius 2 is 1.89 bits per heavy atom. The molecule has 0 saturated carbocycles. The predicted octanol–water partition coefficient (Wildman–Crippen LogP) is 1.75. The lowest BCUT2D eigenvalue weighted by Gasteiger charge is -2.22. The lowest BCUT2D eigenvalue weighted by atomic mass is 10.1. The number of anilines is 1. The molecule has 10 heteroatoms. The molecule has 0 fully saturated rings. The Labute approximate surface area is 159 Å². The van der Waals surface area contributed by atoms with E-state index in [0.717, 1.165) is 12.1 Å². The van der Waals surface area contributed by atoms with Crippen LogP contribution in [0, 0.1) is 11.6 Å². The molecule has 0 radical (unpaired) electrons. The number of hydrogen-bond acceptors (Lipinski definition) is 5. The van der Waals surface area contributed by atoms with Gasteiger partial charge in [0.2, 0.25) is 10.0 Å². The first-order valence-electron chi connectivity index (χ1n) is 8.18. The Morgan fingerprint density at radius 3 is 2.54 bits per heavy atom. The molecule has 148 valence electrons. The van der Waals surface area contributed by atoms with Crippen molar-refractivity contribution < 1.29 is 31.5 Å². The first kappa shape index (κ1) is 19.9. The minimum Gasteiger partial charge on any atom is -0.452 e. The quantitative estimate of drug-likeness (QED) is 0.773.